The molecule has 4 nitrogen and oxygen atoms in total. The summed E-state index contributed by atoms with van der Waals surface area (Å²) in [5, 5.41) is 9.23. The maximum Gasteiger partial charge on any atom is 0.231 e. The molecule has 1 amide bonds. The summed E-state index contributed by atoms with van der Waals surface area (Å²) in [7, 11) is 0. The van der Waals surface area contributed by atoms with E-state index in [9.17, 15) is 4.79 Å². The van der Waals surface area contributed by atoms with E-state index in [2.05, 4.69) is 44.5 Å². The largest absolute Gasteiger partial charge is 0.326 e. The highest BCUT2D eigenvalue weighted by atomic mass is 79.9. The molecule has 1 aromatic heterocycles. The summed E-state index contributed by atoms with van der Waals surface area (Å²) < 4.78 is 1.09. The van der Waals surface area contributed by atoms with Crippen LogP contribution < -0.4 is 10.6 Å². The third kappa shape index (κ3) is 5.73. The molecular formula is C21H22BrN3OS. The average molecular weight is 444 g/mol. The zero-order chi connectivity index (χ0) is 19.2. The van der Waals surface area contributed by atoms with Gasteiger partial charge in [-0.25, -0.2) is 4.98 Å². The number of carbonyl (C=O) groups is 1. The molecule has 0 aliphatic heterocycles. The fourth-order valence-corrected chi connectivity index (χ4v) is 4.11. The molecule has 2 aromatic carbocycles. The molecule has 0 saturated heterocycles. The predicted molar refractivity (Wildman–Crippen MR) is 115 cm³/mol. The smallest absolute Gasteiger partial charge is 0.231 e. The molecule has 1 heterocycles. The number of thiazole rings is 1. The number of hydrogen-bond donors (Lipinski definition) is 2. The Morgan fingerprint density at radius 1 is 1.19 bits per heavy atom. The highest BCUT2D eigenvalue weighted by molar-refractivity contribution is 9.10. The molecule has 0 spiro atoms. The number of aryl methyl sites for hydroxylation is 1. The Kier molecular flexibility index (Phi) is 6.77. The van der Waals surface area contributed by atoms with Crippen molar-refractivity contribution in [1.82, 2.24) is 10.3 Å². The molecular weight excluding hydrogens is 422 g/mol. The van der Waals surface area contributed by atoms with Crippen molar-refractivity contribution < 1.29 is 4.79 Å². The lowest BCUT2D eigenvalue weighted by atomic mass is 10.1. The number of aromatic nitrogens is 1. The monoisotopic (exact) mass is 443 g/mol. The molecule has 1 unspecified atom stereocenters. The van der Waals surface area contributed by atoms with E-state index in [0.717, 1.165) is 20.9 Å². The normalized spacial score (nSPS) is 12.0. The van der Waals surface area contributed by atoms with Crippen molar-refractivity contribution in [3.05, 3.63) is 80.2 Å². The second-order valence-electron chi connectivity index (χ2n) is 6.45. The molecule has 0 aliphatic carbocycles. The quantitative estimate of drug-likeness (QED) is 0.524. The zero-order valence-corrected chi connectivity index (χ0v) is 17.7. The minimum absolute atomic E-state index is 0.0469. The van der Waals surface area contributed by atoms with Crippen LogP contribution in [0.1, 0.15) is 34.8 Å². The van der Waals surface area contributed by atoms with Gasteiger partial charge in [-0.3, -0.25) is 4.79 Å². The Morgan fingerprint density at radius 2 is 1.93 bits per heavy atom. The molecule has 3 aromatic rings. The van der Waals surface area contributed by atoms with Gasteiger partial charge in [-0.2, -0.15) is 0 Å². The van der Waals surface area contributed by atoms with Crippen LogP contribution in [0.15, 0.2) is 58.4 Å². The molecule has 27 heavy (non-hydrogen) atoms. The molecule has 0 fully saturated rings. The summed E-state index contributed by atoms with van der Waals surface area (Å²) in [6.07, 6.45) is 0.290. The average Bonchev–Trinajstić information content (AvgIpc) is 3.09. The highest BCUT2D eigenvalue weighted by Crippen LogP contribution is 2.23. The summed E-state index contributed by atoms with van der Waals surface area (Å²) in [5.74, 6) is -0.0469. The minimum Gasteiger partial charge on any atom is -0.326 e. The molecule has 1 atom stereocenters. The third-order valence-electron chi connectivity index (χ3n) is 4.21. The van der Waals surface area contributed by atoms with Crippen molar-refractivity contribution >= 4 is 38.9 Å². The van der Waals surface area contributed by atoms with E-state index in [-0.39, 0.29) is 11.9 Å². The van der Waals surface area contributed by atoms with E-state index in [4.69, 9.17) is 0 Å². The summed E-state index contributed by atoms with van der Waals surface area (Å²) >= 11 is 5.11. The van der Waals surface area contributed by atoms with Crippen LogP contribution >= 0.6 is 27.3 Å². The molecule has 0 radical (unpaired) electrons. The van der Waals surface area contributed by atoms with E-state index >= 15 is 0 Å². The van der Waals surface area contributed by atoms with E-state index in [1.165, 1.54) is 22.5 Å². The van der Waals surface area contributed by atoms with Crippen molar-refractivity contribution in [3.63, 3.8) is 0 Å². The van der Waals surface area contributed by atoms with Gasteiger partial charge in [0.25, 0.3) is 0 Å². The van der Waals surface area contributed by atoms with Crippen LogP contribution in [-0.4, -0.2) is 10.9 Å². The highest BCUT2D eigenvalue weighted by Gasteiger charge is 2.11. The van der Waals surface area contributed by atoms with Gasteiger partial charge in [-0.05, 0) is 37.6 Å². The molecule has 0 aliphatic rings. The number of benzene rings is 2. The van der Waals surface area contributed by atoms with Gasteiger partial charge in [0.15, 0.2) is 0 Å². The van der Waals surface area contributed by atoms with Gasteiger partial charge in [0, 0.05) is 28.1 Å². The van der Waals surface area contributed by atoms with Crippen molar-refractivity contribution in [2.75, 3.05) is 5.32 Å². The van der Waals surface area contributed by atoms with Gasteiger partial charge in [-0.15, -0.1) is 11.3 Å². The number of anilines is 1. The van der Waals surface area contributed by atoms with Crippen LogP contribution in [0.2, 0.25) is 0 Å². The number of halogens is 1. The van der Waals surface area contributed by atoms with Gasteiger partial charge >= 0.3 is 0 Å². The van der Waals surface area contributed by atoms with Crippen molar-refractivity contribution in [1.29, 1.82) is 0 Å². The number of rotatable bonds is 7. The maximum absolute atomic E-state index is 12.2. The Labute approximate surface area is 172 Å². The Morgan fingerprint density at radius 3 is 2.67 bits per heavy atom. The molecule has 140 valence electrons. The standard InChI is InChI=1S/C21H22BrN3OS/c1-14-7-9-16(10-8-14)24-20(26)11-21-25-17(13-27-21)12-23-15(2)18-5-3-4-6-19(18)22/h3-10,13,15,23H,11-12H2,1-2H3,(H,24,26). The summed E-state index contributed by atoms with van der Waals surface area (Å²) in [6.45, 7) is 4.81. The lowest BCUT2D eigenvalue weighted by Gasteiger charge is -2.14. The summed E-state index contributed by atoms with van der Waals surface area (Å²) in [6, 6.07) is 16.2. The van der Waals surface area contributed by atoms with E-state index in [1.54, 1.807) is 0 Å². The van der Waals surface area contributed by atoms with Gasteiger partial charge in [-0.1, -0.05) is 51.8 Å². The van der Waals surface area contributed by atoms with Gasteiger partial charge in [0.1, 0.15) is 5.01 Å². The lowest BCUT2D eigenvalue weighted by Crippen LogP contribution is -2.19. The van der Waals surface area contributed by atoms with Gasteiger partial charge < -0.3 is 10.6 Å². The summed E-state index contributed by atoms with van der Waals surface area (Å²) in [5.41, 5.74) is 4.15. The number of nitrogens with zero attached hydrogens (tertiary/aromatic N) is 1. The zero-order valence-electron chi connectivity index (χ0n) is 15.3. The van der Waals surface area contributed by atoms with Crippen LogP contribution in [-0.2, 0) is 17.8 Å². The first kappa shape index (κ1) is 19.7. The molecule has 3 rings (SSSR count). The SMILES string of the molecule is Cc1ccc(NC(=O)Cc2nc(CNC(C)c3ccccc3Br)cs2)cc1. The maximum atomic E-state index is 12.2. The molecule has 0 saturated carbocycles. The Bertz CT molecular complexity index is 908. The molecule has 2 N–H and O–H groups in total. The van der Waals surface area contributed by atoms with Crippen molar-refractivity contribution in [2.24, 2.45) is 0 Å². The number of amides is 1. The van der Waals surface area contributed by atoms with Crippen LogP contribution in [0.4, 0.5) is 5.69 Å². The Balaban J connectivity index is 1.51. The number of hydrogen-bond acceptors (Lipinski definition) is 4. The minimum atomic E-state index is -0.0469. The fraction of sp³-hybridized carbons (Fsp3) is 0.238. The van der Waals surface area contributed by atoms with Crippen molar-refractivity contribution in [2.45, 2.75) is 32.9 Å². The third-order valence-corrected chi connectivity index (χ3v) is 5.83. The first-order chi connectivity index (χ1) is 13.0. The van der Waals surface area contributed by atoms with E-state index < -0.39 is 0 Å². The molecule has 6 heteroatoms. The van der Waals surface area contributed by atoms with Crippen molar-refractivity contribution in [3.8, 4) is 0 Å². The fourth-order valence-electron chi connectivity index (χ4n) is 2.68. The van der Waals surface area contributed by atoms with Crippen LogP contribution in [0.3, 0.4) is 0 Å². The van der Waals surface area contributed by atoms with Gasteiger partial charge in [0.05, 0.1) is 12.1 Å². The second kappa shape index (κ2) is 9.26. The van der Waals surface area contributed by atoms with Crippen LogP contribution in [0.5, 0.6) is 0 Å². The van der Waals surface area contributed by atoms with E-state index in [1.807, 2.05) is 54.8 Å². The topological polar surface area (TPSA) is 54.0 Å². The number of nitrogens with one attached hydrogen (secondary N) is 2. The van der Waals surface area contributed by atoms with E-state index in [0.29, 0.717) is 13.0 Å². The Hall–Kier alpha value is -2.02. The first-order valence-corrected chi connectivity index (χ1v) is 10.5. The summed E-state index contributed by atoms with van der Waals surface area (Å²) in [4.78, 5) is 16.8. The van der Waals surface area contributed by atoms with Crippen LogP contribution in [0, 0.1) is 6.92 Å². The predicted octanol–water partition coefficient (Wildman–Crippen LogP) is 5.25. The first-order valence-electron chi connectivity index (χ1n) is 8.79. The van der Waals surface area contributed by atoms with Gasteiger partial charge in [0.2, 0.25) is 5.91 Å². The van der Waals surface area contributed by atoms with Crippen LogP contribution in [0.25, 0.3) is 0 Å². The second-order valence-corrected chi connectivity index (χ2v) is 8.24. The molecule has 0 bridgehead atoms. The lowest BCUT2D eigenvalue weighted by molar-refractivity contribution is -0.115. The number of carbonyl (C=O) groups excluding carboxylic acids is 1.